The Morgan fingerprint density at radius 1 is 0.527 bits per heavy atom. The van der Waals surface area contributed by atoms with Crippen LogP contribution in [0.4, 0.5) is 0 Å². The summed E-state index contributed by atoms with van der Waals surface area (Å²) in [6.45, 7) is 0. The lowest BCUT2D eigenvalue weighted by Crippen LogP contribution is -2.74. The Kier molecular flexibility index (Phi) is 7.24. The predicted octanol–water partition coefficient (Wildman–Crippen LogP) is 9.48. The highest BCUT2D eigenvalue weighted by Crippen LogP contribution is 2.43. The van der Waals surface area contributed by atoms with Crippen LogP contribution in [0.25, 0.3) is 70.2 Å². The van der Waals surface area contributed by atoms with Gasteiger partial charge in [-0.1, -0.05) is 140 Å². The first kappa shape index (κ1) is 31.9. The summed E-state index contributed by atoms with van der Waals surface area (Å²) >= 11 is 1.93. The van der Waals surface area contributed by atoms with Crippen molar-refractivity contribution in [2.75, 3.05) is 0 Å². The minimum Gasteiger partial charge on any atom is -0.327 e. The molecule has 55 heavy (non-hydrogen) atoms. The number of hydrogen-bond acceptors (Lipinski definition) is 3. The molecule has 260 valence electrons. The molecule has 6 heteroatoms. The Labute approximate surface area is 323 Å². The molecule has 4 nitrogen and oxygen atoms in total. The lowest BCUT2D eigenvalue weighted by Gasteiger charge is -2.35. The third-order valence-corrected chi connectivity index (χ3v) is 17.5. The van der Waals surface area contributed by atoms with Gasteiger partial charge in [0, 0.05) is 49.8 Å². The highest BCUT2D eigenvalue weighted by molar-refractivity contribution is 7.31. The average Bonchev–Trinajstić information content (AvgIpc) is 3.92. The van der Waals surface area contributed by atoms with E-state index in [9.17, 15) is 0 Å². The number of imidazole rings is 1. The van der Waals surface area contributed by atoms with Gasteiger partial charge in [-0.05, 0) is 63.2 Å². The molecule has 0 spiro atoms. The number of hydrogen-bond donors (Lipinski definition) is 0. The molecule has 0 saturated heterocycles. The van der Waals surface area contributed by atoms with E-state index < -0.39 is 8.07 Å². The molecule has 0 fully saturated rings. The van der Waals surface area contributed by atoms with Crippen LogP contribution in [0.3, 0.4) is 0 Å². The zero-order chi connectivity index (χ0) is 36.5. The number of thiophene rings is 1. The van der Waals surface area contributed by atoms with Gasteiger partial charge in [0.25, 0.3) is 0 Å². The summed E-state index contributed by atoms with van der Waals surface area (Å²) in [5.41, 5.74) is 5.55. The zero-order valence-electron chi connectivity index (χ0n) is 30.1. The van der Waals surface area contributed by atoms with Gasteiger partial charge in [0.1, 0.15) is 11.6 Å². The molecule has 0 bridgehead atoms. The Hall–Kier alpha value is -6.60. The molecule has 0 aliphatic rings. The standard InChI is InChI=1S/C49H34N4SSi/c1-52-41-27-12-10-25-39(41)51-49(52)33-17-16-22-36(31-33)55(34-18-4-2-5-19-34,35-20-6-3-7-21-35)44-32-42-46(47-38-24-9-13-28-43(38)54-48(44)47)37-23-8-11-26-40(37)53(42)45-29-14-15-30-50-45/h2-32H,1H3. The summed E-state index contributed by atoms with van der Waals surface area (Å²) < 4.78 is 7.23. The molecule has 4 heterocycles. The highest BCUT2D eigenvalue weighted by Gasteiger charge is 2.44. The number of pyridine rings is 1. The van der Waals surface area contributed by atoms with Crippen molar-refractivity contribution in [1.29, 1.82) is 0 Å². The van der Waals surface area contributed by atoms with Gasteiger partial charge in [-0.15, -0.1) is 11.3 Å². The second-order valence-electron chi connectivity index (χ2n) is 14.2. The zero-order valence-corrected chi connectivity index (χ0v) is 31.9. The molecule has 4 aromatic heterocycles. The lowest BCUT2D eigenvalue weighted by molar-refractivity contribution is 0.959. The van der Waals surface area contributed by atoms with Crippen molar-refractivity contribution in [3.63, 3.8) is 0 Å². The summed E-state index contributed by atoms with van der Waals surface area (Å²) in [6, 6.07) is 66.7. The molecule has 0 aliphatic heterocycles. The smallest absolute Gasteiger partial charge is 0.181 e. The molecule has 0 amide bonds. The van der Waals surface area contributed by atoms with Crippen molar-refractivity contribution >= 4 is 93.2 Å². The molecule has 11 aromatic rings. The van der Waals surface area contributed by atoms with Crippen molar-refractivity contribution in [1.82, 2.24) is 19.1 Å². The minimum absolute atomic E-state index is 0.911. The topological polar surface area (TPSA) is 35.6 Å². The highest BCUT2D eigenvalue weighted by atomic mass is 32.1. The van der Waals surface area contributed by atoms with Crippen LogP contribution in [0.15, 0.2) is 188 Å². The van der Waals surface area contributed by atoms with Gasteiger partial charge in [0.2, 0.25) is 0 Å². The summed E-state index contributed by atoms with van der Waals surface area (Å²) in [5.74, 6) is 1.87. The van der Waals surface area contributed by atoms with Crippen molar-refractivity contribution in [2.24, 2.45) is 7.05 Å². The summed E-state index contributed by atoms with van der Waals surface area (Å²) in [5, 5.41) is 10.5. The summed E-state index contributed by atoms with van der Waals surface area (Å²) in [6.07, 6.45) is 1.90. The maximum Gasteiger partial charge on any atom is 0.181 e. The fourth-order valence-corrected chi connectivity index (χ4v) is 15.6. The first-order chi connectivity index (χ1) is 27.2. The summed E-state index contributed by atoms with van der Waals surface area (Å²) in [4.78, 5) is 10.1. The minimum atomic E-state index is -3.10. The molecule has 0 radical (unpaired) electrons. The van der Waals surface area contributed by atoms with Crippen LogP contribution in [0.2, 0.25) is 0 Å². The van der Waals surface area contributed by atoms with Gasteiger partial charge < -0.3 is 4.57 Å². The second kappa shape index (κ2) is 12.5. The molecular weight excluding hydrogens is 705 g/mol. The van der Waals surface area contributed by atoms with Crippen LogP contribution in [-0.2, 0) is 7.05 Å². The molecule has 0 saturated carbocycles. The van der Waals surface area contributed by atoms with Crippen LogP contribution in [-0.4, -0.2) is 27.2 Å². The number of benzene rings is 7. The molecule has 11 rings (SSSR count). The van der Waals surface area contributed by atoms with E-state index in [4.69, 9.17) is 9.97 Å². The quantitative estimate of drug-likeness (QED) is 0.126. The largest absolute Gasteiger partial charge is 0.327 e. The van der Waals surface area contributed by atoms with E-state index in [0.29, 0.717) is 0 Å². The van der Waals surface area contributed by atoms with Gasteiger partial charge >= 0.3 is 0 Å². The maximum absolute atomic E-state index is 5.18. The van der Waals surface area contributed by atoms with Gasteiger partial charge in [0.15, 0.2) is 8.07 Å². The molecular formula is C49H34N4SSi. The normalized spacial score (nSPS) is 12.1. The third kappa shape index (κ3) is 4.68. The van der Waals surface area contributed by atoms with Crippen molar-refractivity contribution in [3.8, 4) is 17.2 Å². The lowest BCUT2D eigenvalue weighted by atomic mass is 10.1. The van der Waals surface area contributed by atoms with Gasteiger partial charge in [-0.3, -0.25) is 4.57 Å². The Balaban J connectivity index is 1.35. The molecule has 0 atom stereocenters. The number of para-hydroxylation sites is 3. The second-order valence-corrected chi connectivity index (χ2v) is 19.0. The van der Waals surface area contributed by atoms with Crippen LogP contribution in [0.1, 0.15) is 0 Å². The Morgan fingerprint density at radius 2 is 1.18 bits per heavy atom. The Bertz CT molecular complexity index is 3180. The van der Waals surface area contributed by atoms with Crippen LogP contribution < -0.4 is 20.7 Å². The van der Waals surface area contributed by atoms with E-state index in [2.05, 4.69) is 192 Å². The number of nitrogens with zero attached hydrogens (tertiary/aromatic N) is 4. The first-order valence-corrected chi connectivity index (χ1v) is 21.5. The van der Waals surface area contributed by atoms with Crippen molar-refractivity contribution in [3.05, 3.63) is 188 Å². The van der Waals surface area contributed by atoms with E-state index in [1.807, 2.05) is 23.6 Å². The molecule has 7 aromatic carbocycles. The first-order valence-electron chi connectivity index (χ1n) is 18.6. The monoisotopic (exact) mass is 738 g/mol. The number of aromatic nitrogens is 4. The Morgan fingerprint density at radius 3 is 1.93 bits per heavy atom. The van der Waals surface area contributed by atoms with E-state index in [-0.39, 0.29) is 0 Å². The van der Waals surface area contributed by atoms with Crippen molar-refractivity contribution in [2.45, 2.75) is 0 Å². The van der Waals surface area contributed by atoms with Gasteiger partial charge in [-0.25, -0.2) is 9.97 Å². The molecule has 0 aliphatic carbocycles. The fraction of sp³-hybridized carbons (Fsp3) is 0.0204. The van der Waals surface area contributed by atoms with Gasteiger partial charge in [0.05, 0.1) is 22.1 Å². The fourth-order valence-electron chi connectivity index (χ4n) is 8.99. The van der Waals surface area contributed by atoms with Crippen LogP contribution in [0, 0.1) is 0 Å². The molecule has 0 N–H and O–H groups in total. The SMILES string of the molecule is Cn1c(-c2cccc([Si](c3ccccc3)(c3ccccc3)c3cc4c(c5ccccc5n4-c4ccccn4)c4c3sc3ccccc34)c2)nc2ccccc21. The number of aryl methyl sites for hydroxylation is 1. The van der Waals surface area contributed by atoms with E-state index in [1.54, 1.807) is 0 Å². The average molecular weight is 739 g/mol. The van der Waals surface area contributed by atoms with E-state index in [1.165, 1.54) is 57.2 Å². The number of fused-ring (bicyclic) bond motifs is 8. The molecule has 0 unspecified atom stereocenters. The number of rotatable bonds is 6. The third-order valence-electron chi connectivity index (χ3n) is 11.3. The van der Waals surface area contributed by atoms with E-state index in [0.717, 1.165) is 33.8 Å². The predicted molar refractivity (Wildman–Crippen MR) is 235 cm³/mol. The van der Waals surface area contributed by atoms with E-state index >= 15 is 0 Å². The maximum atomic E-state index is 5.18. The van der Waals surface area contributed by atoms with Gasteiger partial charge in [-0.2, -0.15) is 0 Å². The summed E-state index contributed by atoms with van der Waals surface area (Å²) in [7, 11) is -0.972. The van der Waals surface area contributed by atoms with Crippen molar-refractivity contribution < 1.29 is 0 Å². The van der Waals surface area contributed by atoms with Crippen LogP contribution >= 0.6 is 11.3 Å². The van der Waals surface area contributed by atoms with Crippen LogP contribution in [0.5, 0.6) is 0 Å².